The fourth-order valence-corrected chi connectivity index (χ4v) is 3.99. The van der Waals surface area contributed by atoms with Crippen LogP contribution in [0.15, 0.2) is 42.7 Å². The number of aliphatic hydroxyl groups is 1. The van der Waals surface area contributed by atoms with Crippen LogP contribution in [0.5, 0.6) is 0 Å². The minimum atomic E-state index is -0.892. The van der Waals surface area contributed by atoms with Crippen molar-refractivity contribution in [1.29, 1.82) is 0 Å². The van der Waals surface area contributed by atoms with Gasteiger partial charge < -0.3 is 14.8 Å². The molecule has 0 spiro atoms. The number of benzene rings is 1. The number of aromatic nitrogens is 2. The summed E-state index contributed by atoms with van der Waals surface area (Å²) in [5.74, 6) is -0.394. The monoisotopic (exact) mass is 390 g/mol. The number of pyridine rings is 1. The number of carboxylic acid groups (broad SMARTS) is 1. The van der Waals surface area contributed by atoms with Gasteiger partial charge in [0.25, 0.3) is 0 Å². The maximum Gasteiger partial charge on any atom is 0.337 e. The molecule has 4 rings (SSSR count). The molecule has 0 unspecified atom stereocenters. The van der Waals surface area contributed by atoms with E-state index in [4.69, 9.17) is 5.11 Å². The van der Waals surface area contributed by atoms with E-state index in [0.29, 0.717) is 23.6 Å². The Bertz CT molecular complexity index is 1080. The number of aromatic carboxylic acids is 1. The van der Waals surface area contributed by atoms with Crippen LogP contribution in [-0.4, -0.2) is 32.3 Å². The average Bonchev–Trinajstić information content (AvgIpc) is 3.49. The van der Waals surface area contributed by atoms with Crippen LogP contribution in [0, 0.1) is 0 Å². The molecule has 0 saturated heterocycles. The zero-order valence-electron chi connectivity index (χ0n) is 16.6. The van der Waals surface area contributed by atoms with Crippen LogP contribution in [0.3, 0.4) is 0 Å². The normalized spacial score (nSPS) is 14.1. The summed E-state index contributed by atoms with van der Waals surface area (Å²) in [6.45, 7) is 0.0105. The fourth-order valence-electron chi connectivity index (χ4n) is 3.99. The molecule has 1 fully saturated rings. The van der Waals surface area contributed by atoms with Crippen LogP contribution in [-0.2, 0) is 19.9 Å². The third-order valence-corrected chi connectivity index (χ3v) is 5.61. The third kappa shape index (κ3) is 4.25. The summed E-state index contributed by atoms with van der Waals surface area (Å²) in [5, 5.41) is 19.9. The van der Waals surface area contributed by atoms with Crippen LogP contribution in [0.4, 0.5) is 0 Å². The van der Waals surface area contributed by atoms with Crippen molar-refractivity contribution in [1.82, 2.24) is 9.55 Å². The van der Waals surface area contributed by atoms with Gasteiger partial charge in [-0.1, -0.05) is 12.2 Å². The lowest BCUT2D eigenvalue weighted by atomic mass is 9.99. The van der Waals surface area contributed by atoms with Gasteiger partial charge >= 0.3 is 5.97 Å². The van der Waals surface area contributed by atoms with E-state index >= 15 is 0 Å². The number of rotatable bonds is 8. The number of hydrogen-bond donors (Lipinski definition) is 2. The maximum absolute atomic E-state index is 11.7. The largest absolute Gasteiger partial charge is 0.478 e. The minimum Gasteiger partial charge on any atom is -0.478 e. The Morgan fingerprint density at radius 2 is 2.10 bits per heavy atom. The highest BCUT2D eigenvalue weighted by atomic mass is 16.4. The Balaban J connectivity index is 1.51. The number of aliphatic hydroxyl groups excluding tert-OH is 1. The Labute approximate surface area is 170 Å². The molecule has 0 aliphatic heterocycles. The van der Waals surface area contributed by atoms with Crippen LogP contribution >= 0.6 is 0 Å². The predicted octanol–water partition coefficient (Wildman–Crippen LogP) is 4.33. The van der Waals surface area contributed by atoms with Gasteiger partial charge in [-0.25, -0.2) is 4.79 Å². The second kappa shape index (κ2) is 8.21. The Hall–Kier alpha value is -2.92. The summed E-state index contributed by atoms with van der Waals surface area (Å²) in [6.07, 6.45) is 12.2. The summed E-state index contributed by atoms with van der Waals surface area (Å²) in [6, 6.07) is 8.25. The van der Waals surface area contributed by atoms with Crippen molar-refractivity contribution in [3.63, 3.8) is 0 Å². The molecule has 1 saturated carbocycles. The van der Waals surface area contributed by atoms with E-state index in [9.17, 15) is 9.90 Å². The van der Waals surface area contributed by atoms with Gasteiger partial charge in [-0.15, -0.1) is 0 Å². The topological polar surface area (TPSA) is 75.4 Å². The average molecular weight is 390 g/mol. The van der Waals surface area contributed by atoms with E-state index in [0.717, 1.165) is 42.3 Å². The quantitative estimate of drug-likeness (QED) is 0.600. The first-order valence-corrected chi connectivity index (χ1v) is 10.1. The number of carboxylic acids is 1. The predicted molar refractivity (Wildman–Crippen MR) is 114 cm³/mol. The Morgan fingerprint density at radius 1 is 1.28 bits per heavy atom. The van der Waals surface area contributed by atoms with Gasteiger partial charge in [0, 0.05) is 24.8 Å². The van der Waals surface area contributed by atoms with E-state index in [-0.39, 0.29) is 6.61 Å². The molecule has 2 heterocycles. The molecule has 150 valence electrons. The zero-order chi connectivity index (χ0) is 20.4. The van der Waals surface area contributed by atoms with Crippen molar-refractivity contribution in [2.24, 2.45) is 7.05 Å². The summed E-state index contributed by atoms with van der Waals surface area (Å²) < 4.78 is 2.08. The third-order valence-electron chi connectivity index (χ3n) is 5.61. The van der Waals surface area contributed by atoms with Crippen molar-refractivity contribution in [3.05, 3.63) is 70.7 Å². The standard InChI is InChI=1S/C24H26N2O3/c1-26-10-9-19-13-16(12-18(23(19)26)5-3-11-27)4-2-6-22-21(24(28)29)14-20(15-25-22)17-7-8-17/h3,5,9-10,12-15,17,27H,2,4,6-8,11H2,1H3,(H,28,29)/b5-3+. The van der Waals surface area contributed by atoms with Crippen molar-refractivity contribution >= 4 is 22.9 Å². The molecule has 2 N–H and O–H groups in total. The van der Waals surface area contributed by atoms with Crippen molar-refractivity contribution in [3.8, 4) is 0 Å². The van der Waals surface area contributed by atoms with Crippen molar-refractivity contribution in [2.45, 2.75) is 38.0 Å². The van der Waals surface area contributed by atoms with E-state index in [1.54, 1.807) is 6.08 Å². The number of aryl methyl sites for hydroxylation is 3. The molecule has 0 amide bonds. The highest BCUT2D eigenvalue weighted by molar-refractivity contribution is 5.90. The first kappa shape index (κ1) is 19.4. The summed E-state index contributed by atoms with van der Waals surface area (Å²) in [5.41, 5.74) is 5.50. The second-order valence-corrected chi connectivity index (χ2v) is 7.83. The second-order valence-electron chi connectivity index (χ2n) is 7.83. The molecular formula is C24H26N2O3. The van der Waals surface area contributed by atoms with Gasteiger partial charge in [0.2, 0.25) is 0 Å². The van der Waals surface area contributed by atoms with Crippen molar-refractivity contribution < 1.29 is 15.0 Å². The maximum atomic E-state index is 11.7. The summed E-state index contributed by atoms with van der Waals surface area (Å²) in [7, 11) is 2.02. The first-order valence-electron chi connectivity index (χ1n) is 10.1. The molecule has 0 atom stereocenters. The van der Waals surface area contributed by atoms with Gasteiger partial charge in [0.1, 0.15) is 0 Å². The highest BCUT2D eigenvalue weighted by Crippen LogP contribution is 2.40. The molecule has 3 aromatic rings. The molecule has 0 radical (unpaired) electrons. The lowest BCUT2D eigenvalue weighted by Crippen LogP contribution is -2.07. The molecule has 1 aliphatic carbocycles. The van der Waals surface area contributed by atoms with Gasteiger partial charge in [-0.05, 0) is 79.0 Å². The number of carbonyl (C=O) groups is 1. The van der Waals surface area contributed by atoms with Crippen LogP contribution < -0.4 is 0 Å². The molecule has 0 bridgehead atoms. The molecular weight excluding hydrogens is 364 g/mol. The van der Waals surface area contributed by atoms with E-state index in [1.165, 1.54) is 10.9 Å². The molecule has 5 heteroatoms. The van der Waals surface area contributed by atoms with Gasteiger partial charge in [0.05, 0.1) is 23.4 Å². The van der Waals surface area contributed by atoms with Gasteiger partial charge in [-0.3, -0.25) is 4.98 Å². The number of hydrogen-bond acceptors (Lipinski definition) is 3. The molecule has 1 aromatic carbocycles. The molecule has 5 nitrogen and oxygen atoms in total. The van der Waals surface area contributed by atoms with E-state index in [1.807, 2.05) is 31.6 Å². The SMILES string of the molecule is Cn1ccc2cc(CCCc3ncc(C4CC4)cc3C(=O)O)cc(/C=C/CO)c21. The van der Waals surface area contributed by atoms with Crippen LogP contribution in [0.25, 0.3) is 17.0 Å². The lowest BCUT2D eigenvalue weighted by molar-refractivity contribution is 0.0695. The smallest absolute Gasteiger partial charge is 0.337 e. The molecule has 1 aliphatic rings. The number of nitrogens with zero attached hydrogens (tertiary/aromatic N) is 2. The molecule has 29 heavy (non-hydrogen) atoms. The van der Waals surface area contributed by atoms with Crippen LogP contribution in [0.2, 0.25) is 0 Å². The first-order chi connectivity index (χ1) is 14.1. The summed E-state index contributed by atoms with van der Waals surface area (Å²) >= 11 is 0. The highest BCUT2D eigenvalue weighted by Gasteiger charge is 2.25. The van der Waals surface area contributed by atoms with Crippen molar-refractivity contribution in [2.75, 3.05) is 6.61 Å². The van der Waals surface area contributed by atoms with Gasteiger partial charge in [-0.2, -0.15) is 0 Å². The van der Waals surface area contributed by atoms with E-state index in [2.05, 4.69) is 27.8 Å². The minimum absolute atomic E-state index is 0.0105. The van der Waals surface area contributed by atoms with E-state index < -0.39 is 5.97 Å². The number of fused-ring (bicyclic) bond motifs is 1. The fraction of sp³-hybridized carbons (Fsp3) is 0.333. The Kier molecular flexibility index (Phi) is 5.49. The summed E-state index contributed by atoms with van der Waals surface area (Å²) in [4.78, 5) is 16.2. The molecule has 2 aromatic heterocycles. The Morgan fingerprint density at radius 3 is 2.83 bits per heavy atom. The van der Waals surface area contributed by atoms with Crippen LogP contribution in [0.1, 0.15) is 57.9 Å². The van der Waals surface area contributed by atoms with Gasteiger partial charge in [0.15, 0.2) is 0 Å². The lowest BCUT2D eigenvalue weighted by Gasteiger charge is -2.09. The zero-order valence-corrected chi connectivity index (χ0v) is 16.6.